The molecule has 3 atom stereocenters. The van der Waals surface area contributed by atoms with Crippen molar-refractivity contribution in [3.63, 3.8) is 0 Å². The van der Waals surface area contributed by atoms with Crippen LogP contribution in [0.4, 0.5) is 4.39 Å². The van der Waals surface area contributed by atoms with Gasteiger partial charge in [0.25, 0.3) is 0 Å². The molecule has 0 aliphatic heterocycles. The molecule has 2 aromatic carbocycles. The highest BCUT2D eigenvalue weighted by Crippen LogP contribution is 2.53. The monoisotopic (exact) mass is 450 g/mol. The van der Waals surface area contributed by atoms with E-state index in [0.717, 1.165) is 24.2 Å². The van der Waals surface area contributed by atoms with E-state index in [1.807, 2.05) is 0 Å². The summed E-state index contributed by atoms with van der Waals surface area (Å²) in [6.07, 6.45) is 6.82. The molecule has 0 radical (unpaired) electrons. The first-order valence-electron chi connectivity index (χ1n) is 12.5. The van der Waals surface area contributed by atoms with Crippen LogP contribution in [0.15, 0.2) is 47.6 Å². The predicted octanol–water partition coefficient (Wildman–Crippen LogP) is 6.74. The van der Waals surface area contributed by atoms with Crippen molar-refractivity contribution in [2.24, 2.45) is 11.1 Å². The summed E-state index contributed by atoms with van der Waals surface area (Å²) in [4.78, 5) is 5.09. The second kappa shape index (κ2) is 9.58. The molecule has 0 saturated heterocycles. The van der Waals surface area contributed by atoms with E-state index in [9.17, 15) is 4.39 Å². The molecule has 33 heavy (non-hydrogen) atoms. The topological polar surface area (TPSA) is 33.6 Å². The Balaban J connectivity index is 1.50. The van der Waals surface area contributed by atoms with Gasteiger partial charge in [0.05, 0.1) is 5.71 Å². The smallest absolute Gasteiger partial charge is 0.123 e. The number of hydrogen-bond donors (Lipinski definition) is 1. The summed E-state index contributed by atoms with van der Waals surface area (Å²) in [5, 5.41) is 8.17. The highest BCUT2D eigenvalue weighted by Gasteiger charge is 2.51. The van der Waals surface area contributed by atoms with Gasteiger partial charge in [-0.3, -0.25) is 0 Å². The Morgan fingerprint density at radius 1 is 1.15 bits per heavy atom. The summed E-state index contributed by atoms with van der Waals surface area (Å²) >= 11 is 0. The number of nitrogens with zero attached hydrogens (tertiary/aromatic N) is 1. The van der Waals surface area contributed by atoms with E-state index in [1.54, 1.807) is 30.4 Å². The third-order valence-corrected chi connectivity index (χ3v) is 8.31. The van der Waals surface area contributed by atoms with Crippen molar-refractivity contribution in [2.45, 2.75) is 83.1 Å². The first kappa shape index (κ1) is 23.9. The molecular weight excluding hydrogens is 411 g/mol. The number of oxime groups is 1. The summed E-state index contributed by atoms with van der Waals surface area (Å²) in [6.45, 7) is 10.3. The van der Waals surface area contributed by atoms with Gasteiger partial charge in [-0.1, -0.05) is 62.7 Å². The van der Waals surface area contributed by atoms with Crippen LogP contribution in [-0.4, -0.2) is 24.9 Å². The van der Waals surface area contributed by atoms with Gasteiger partial charge < -0.3 is 10.2 Å². The maximum atomic E-state index is 13.4. The number of halogens is 1. The van der Waals surface area contributed by atoms with Crippen LogP contribution in [0, 0.1) is 11.7 Å². The summed E-state index contributed by atoms with van der Waals surface area (Å²) in [5.41, 5.74) is 6.65. The predicted molar refractivity (Wildman–Crippen MR) is 135 cm³/mol. The molecule has 4 rings (SSSR count). The molecule has 2 aliphatic rings. The fraction of sp³-hybridized carbons (Fsp3) is 0.552. The maximum absolute atomic E-state index is 13.4. The lowest BCUT2D eigenvalue weighted by molar-refractivity contribution is 0.0633. The number of rotatable bonds is 7. The fourth-order valence-electron chi connectivity index (χ4n) is 6.54. The molecule has 1 unspecified atom stereocenters. The zero-order chi connectivity index (χ0) is 23.6. The van der Waals surface area contributed by atoms with E-state index in [4.69, 9.17) is 4.84 Å². The van der Waals surface area contributed by atoms with Crippen molar-refractivity contribution in [3.05, 3.63) is 70.5 Å². The Morgan fingerprint density at radius 2 is 1.91 bits per heavy atom. The van der Waals surface area contributed by atoms with E-state index < -0.39 is 0 Å². The van der Waals surface area contributed by atoms with Crippen LogP contribution >= 0.6 is 0 Å². The minimum Gasteiger partial charge on any atom is -0.399 e. The Labute approximate surface area is 198 Å². The molecule has 0 spiro atoms. The number of nitrogens with one attached hydrogen (secondary N) is 1. The van der Waals surface area contributed by atoms with E-state index in [-0.39, 0.29) is 16.8 Å². The molecular formula is C29H39FN2O. The molecule has 0 aromatic heterocycles. The van der Waals surface area contributed by atoms with Crippen LogP contribution in [-0.2, 0) is 16.7 Å². The Kier molecular flexibility index (Phi) is 6.95. The maximum Gasteiger partial charge on any atom is 0.123 e. The largest absolute Gasteiger partial charge is 0.399 e. The summed E-state index contributed by atoms with van der Waals surface area (Å²) in [6, 6.07) is 13.8. The zero-order valence-electron chi connectivity index (χ0n) is 20.9. The molecule has 4 heteroatoms. The lowest BCUT2D eigenvalue weighted by Gasteiger charge is -2.56. The Hall–Kier alpha value is -2.20. The zero-order valence-corrected chi connectivity index (χ0v) is 20.9. The first-order chi connectivity index (χ1) is 15.8. The van der Waals surface area contributed by atoms with Crippen LogP contribution in [0.1, 0.15) is 88.0 Å². The molecule has 0 bridgehead atoms. The molecule has 2 aliphatic carbocycles. The van der Waals surface area contributed by atoms with Crippen LogP contribution in [0.25, 0.3) is 0 Å². The quantitative estimate of drug-likeness (QED) is 0.374. The highest BCUT2D eigenvalue weighted by molar-refractivity contribution is 6.00. The summed E-state index contributed by atoms with van der Waals surface area (Å²) in [5.74, 6) is 0.939. The average molecular weight is 451 g/mol. The van der Waals surface area contributed by atoms with Crippen molar-refractivity contribution in [2.75, 3.05) is 13.7 Å². The van der Waals surface area contributed by atoms with Gasteiger partial charge in [-0.15, -0.1) is 0 Å². The molecule has 0 heterocycles. The normalized spacial score (nSPS) is 27.2. The van der Waals surface area contributed by atoms with Crippen LogP contribution in [0.5, 0.6) is 0 Å². The standard InChI is InChI=1S/C29H39FN2O/c1-20(2)22-9-13-25-23(19-22)10-14-27-28(25,3)16-6-17-29(27,4)31-18-15-26(32-33-5)21-7-11-24(30)12-8-21/h7-9,11-13,19-20,27,31H,6,10,14-18H2,1-5H3/b32-26-/t27?,28-,29-/m1/s1. The van der Waals surface area contributed by atoms with E-state index >= 15 is 0 Å². The molecule has 2 aromatic rings. The van der Waals surface area contributed by atoms with Crippen LogP contribution in [0.3, 0.4) is 0 Å². The van der Waals surface area contributed by atoms with Gasteiger partial charge in [-0.05, 0) is 84.2 Å². The molecule has 1 fully saturated rings. The molecule has 178 valence electrons. The Morgan fingerprint density at radius 3 is 2.61 bits per heavy atom. The van der Waals surface area contributed by atoms with Crippen molar-refractivity contribution < 1.29 is 9.23 Å². The molecule has 1 saturated carbocycles. The Bertz CT molecular complexity index is 999. The van der Waals surface area contributed by atoms with E-state index in [1.165, 1.54) is 49.8 Å². The van der Waals surface area contributed by atoms with Gasteiger partial charge in [-0.2, -0.15) is 0 Å². The van der Waals surface area contributed by atoms with Gasteiger partial charge in [0, 0.05) is 18.5 Å². The van der Waals surface area contributed by atoms with Crippen molar-refractivity contribution in [1.82, 2.24) is 5.32 Å². The van der Waals surface area contributed by atoms with Crippen molar-refractivity contribution >= 4 is 5.71 Å². The van der Waals surface area contributed by atoms with Gasteiger partial charge in [-0.25, -0.2) is 4.39 Å². The van der Waals surface area contributed by atoms with Crippen LogP contribution < -0.4 is 5.32 Å². The fourth-order valence-corrected chi connectivity index (χ4v) is 6.54. The molecule has 3 nitrogen and oxygen atoms in total. The first-order valence-corrected chi connectivity index (χ1v) is 12.5. The second-order valence-electron chi connectivity index (χ2n) is 10.8. The molecule has 0 amide bonds. The van der Waals surface area contributed by atoms with Gasteiger partial charge in [0.2, 0.25) is 0 Å². The minimum absolute atomic E-state index is 0.0857. The number of fused-ring (bicyclic) bond motifs is 3. The number of hydrogen-bond acceptors (Lipinski definition) is 3. The van der Waals surface area contributed by atoms with Gasteiger partial charge in [0.1, 0.15) is 12.9 Å². The average Bonchev–Trinajstić information content (AvgIpc) is 2.78. The second-order valence-corrected chi connectivity index (χ2v) is 10.8. The van der Waals surface area contributed by atoms with E-state index in [2.05, 4.69) is 56.4 Å². The van der Waals surface area contributed by atoms with Crippen molar-refractivity contribution in [1.29, 1.82) is 0 Å². The highest BCUT2D eigenvalue weighted by atomic mass is 19.1. The SMILES string of the molecule is CO/N=C(/CCN[C@]1(C)CCC[C@]2(C)c3ccc(C(C)C)cc3CCC12)c1ccc(F)cc1. The van der Waals surface area contributed by atoms with Crippen molar-refractivity contribution in [3.8, 4) is 0 Å². The summed E-state index contributed by atoms with van der Waals surface area (Å²) in [7, 11) is 1.56. The minimum atomic E-state index is -0.235. The third-order valence-electron chi connectivity index (χ3n) is 8.31. The lowest BCUT2D eigenvalue weighted by Crippen LogP contribution is -2.60. The lowest BCUT2D eigenvalue weighted by atomic mass is 9.52. The van der Waals surface area contributed by atoms with Gasteiger partial charge >= 0.3 is 0 Å². The number of benzene rings is 2. The number of aryl methyl sites for hydroxylation is 1. The van der Waals surface area contributed by atoms with E-state index in [0.29, 0.717) is 11.8 Å². The molecule has 1 N–H and O–H groups in total. The van der Waals surface area contributed by atoms with Gasteiger partial charge in [0.15, 0.2) is 0 Å². The van der Waals surface area contributed by atoms with Crippen LogP contribution in [0.2, 0.25) is 0 Å². The summed E-state index contributed by atoms with van der Waals surface area (Å²) < 4.78 is 13.4. The third kappa shape index (κ3) is 4.73.